The van der Waals surface area contributed by atoms with Crippen molar-refractivity contribution in [1.29, 1.82) is 0 Å². The lowest BCUT2D eigenvalue weighted by Gasteiger charge is -2.28. The van der Waals surface area contributed by atoms with E-state index in [1.54, 1.807) is 0 Å². The van der Waals surface area contributed by atoms with E-state index in [9.17, 15) is 9.18 Å². The van der Waals surface area contributed by atoms with Crippen LogP contribution in [0.25, 0.3) is 0 Å². The van der Waals surface area contributed by atoms with Crippen LogP contribution in [-0.4, -0.2) is 12.5 Å². The fourth-order valence-corrected chi connectivity index (χ4v) is 3.70. The highest BCUT2D eigenvalue weighted by atomic mass is 19.1. The van der Waals surface area contributed by atoms with Gasteiger partial charge in [0.1, 0.15) is 5.82 Å². The Balaban J connectivity index is 0.00000176. The van der Waals surface area contributed by atoms with Crippen LogP contribution in [0.4, 0.5) is 21.5 Å². The van der Waals surface area contributed by atoms with E-state index in [2.05, 4.69) is 28.2 Å². The van der Waals surface area contributed by atoms with Gasteiger partial charge in [0.15, 0.2) is 0 Å². The minimum Gasteiger partial charge on any atom is -0.363 e. The van der Waals surface area contributed by atoms with Crippen molar-refractivity contribution in [2.45, 2.75) is 59.9 Å². The molecule has 0 atom stereocenters. The van der Waals surface area contributed by atoms with Crippen molar-refractivity contribution < 1.29 is 9.18 Å². The van der Waals surface area contributed by atoms with Crippen molar-refractivity contribution in [2.24, 2.45) is 0 Å². The highest BCUT2D eigenvalue weighted by Crippen LogP contribution is 2.31. The molecule has 0 spiro atoms. The van der Waals surface area contributed by atoms with Gasteiger partial charge in [-0.25, -0.2) is 4.39 Å². The summed E-state index contributed by atoms with van der Waals surface area (Å²) in [6.45, 7) is 12.7. The van der Waals surface area contributed by atoms with E-state index in [-0.39, 0.29) is 11.7 Å². The molecule has 2 N–H and O–H groups in total. The Morgan fingerprint density at radius 3 is 2.31 bits per heavy atom. The van der Waals surface area contributed by atoms with E-state index in [0.29, 0.717) is 12.2 Å². The second-order valence-corrected chi connectivity index (χ2v) is 7.91. The van der Waals surface area contributed by atoms with Crippen LogP contribution in [0.2, 0.25) is 0 Å². The number of carbonyl (C=O) groups excluding carboxylic acids is 1. The highest BCUT2D eigenvalue weighted by molar-refractivity contribution is 5.94. The van der Waals surface area contributed by atoms with E-state index >= 15 is 0 Å². The van der Waals surface area contributed by atoms with Gasteiger partial charge in [0.25, 0.3) is 0 Å². The van der Waals surface area contributed by atoms with Crippen LogP contribution < -0.4 is 15.5 Å². The van der Waals surface area contributed by atoms with Crippen molar-refractivity contribution in [2.75, 3.05) is 22.1 Å². The van der Waals surface area contributed by atoms with Gasteiger partial charge in [-0.15, -0.1) is 0 Å². The maximum Gasteiger partial charge on any atom is 0.221 e. The number of anilines is 3. The number of rotatable bonds is 8. The Morgan fingerprint density at radius 2 is 1.72 bits per heavy atom. The summed E-state index contributed by atoms with van der Waals surface area (Å²) in [6, 6.07) is 12.6. The third kappa shape index (κ3) is 7.88. The predicted octanol–water partition coefficient (Wildman–Crippen LogP) is 7.26. The first-order valence-corrected chi connectivity index (χ1v) is 11.4. The lowest BCUT2D eigenvalue weighted by atomic mass is 9.98. The fraction of sp³-hybridized carbons (Fsp3) is 0.370. The summed E-state index contributed by atoms with van der Waals surface area (Å²) in [6.07, 6.45) is 7.03. The highest BCUT2D eigenvalue weighted by Gasteiger charge is 2.15. The summed E-state index contributed by atoms with van der Waals surface area (Å²) in [5.41, 5.74) is 5.78. The number of hydrogen-bond acceptors (Lipinski definition) is 3. The van der Waals surface area contributed by atoms with Gasteiger partial charge in [-0.3, -0.25) is 4.79 Å². The smallest absolute Gasteiger partial charge is 0.221 e. The maximum absolute atomic E-state index is 13.4. The number of nitrogens with zero attached hydrogens (tertiary/aromatic N) is 1. The predicted molar refractivity (Wildman–Crippen MR) is 135 cm³/mol. The number of allylic oxidation sites excluding steroid dienone is 2. The first-order chi connectivity index (χ1) is 15.4. The van der Waals surface area contributed by atoms with E-state index in [0.717, 1.165) is 42.0 Å². The molecule has 0 aromatic heterocycles. The minimum absolute atomic E-state index is 0.128. The van der Waals surface area contributed by atoms with Crippen LogP contribution in [0.3, 0.4) is 0 Å². The van der Waals surface area contributed by atoms with Gasteiger partial charge in [0.2, 0.25) is 5.91 Å². The summed E-state index contributed by atoms with van der Waals surface area (Å²) < 4.78 is 13.4. The van der Waals surface area contributed by atoms with Gasteiger partial charge in [-0.2, -0.15) is 0 Å². The Labute approximate surface area is 192 Å². The van der Waals surface area contributed by atoms with Crippen molar-refractivity contribution in [3.05, 3.63) is 77.8 Å². The topological polar surface area (TPSA) is 44.4 Å². The van der Waals surface area contributed by atoms with Gasteiger partial charge in [0.05, 0.1) is 11.4 Å². The van der Waals surface area contributed by atoms with Crippen LogP contribution in [0.5, 0.6) is 0 Å². The van der Waals surface area contributed by atoms with Crippen molar-refractivity contribution >= 4 is 23.0 Å². The van der Waals surface area contributed by atoms with Crippen LogP contribution in [0, 0.1) is 5.82 Å². The molecule has 5 heteroatoms. The third-order valence-corrected chi connectivity index (χ3v) is 5.09. The largest absolute Gasteiger partial charge is 0.363 e. The lowest BCUT2D eigenvalue weighted by Crippen LogP contribution is -2.26. The number of halogens is 1. The Kier molecular flexibility index (Phi) is 9.99. The van der Waals surface area contributed by atoms with Crippen LogP contribution in [-0.2, 0) is 11.3 Å². The summed E-state index contributed by atoms with van der Waals surface area (Å²) in [5, 5.41) is 6.12. The number of amides is 1. The molecule has 1 aliphatic rings. The second-order valence-electron chi connectivity index (χ2n) is 7.91. The Morgan fingerprint density at radius 1 is 1.00 bits per heavy atom. The molecule has 0 saturated heterocycles. The molecule has 0 fully saturated rings. The molecular formula is C27H36FN3O. The Hall–Kier alpha value is -3.08. The summed E-state index contributed by atoms with van der Waals surface area (Å²) in [7, 11) is 0. The molecule has 0 unspecified atom stereocenters. The quantitative estimate of drug-likeness (QED) is 0.427. The van der Waals surface area contributed by atoms with E-state index < -0.39 is 0 Å². The average molecular weight is 438 g/mol. The standard InChI is InChI=1S/C25H30FN3O.C2H6/c1-18(2)27-24-14-13-23(15-25(24)28-19(3)30)29(16-20-7-5-4-6-8-20)17-21-9-11-22(26)12-10-21;1-2/h7,9-15,27H,1,4-6,8,16-17H2,2-3H3,(H,28,30);1-2H3. The zero-order valence-corrected chi connectivity index (χ0v) is 19.8. The molecule has 172 valence electrons. The zero-order valence-electron chi connectivity index (χ0n) is 19.8. The molecule has 3 rings (SSSR count). The Bertz CT molecular complexity index is 934. The molecule has 0 aliphatic heterocycles. The maximum atomic E-state index is 13.4. The van der Waals surface area contributed by atoms with Crippen LogP contribution >= 0.6 is 0 Å². The minimum atomic E-state index is -0.233. The molecule has 4 nitrogen and oxygen atoms in total. The second kappa shape index (κ2) is 12.7. The van der Waals surface area contributed by atoms with Gasteiger partial charge < -0.3 is 15.5 Å². The first-order valence-electron chi connectivity index (χ1n) is 11.4. The molecule has 1 amide bonds. The molecule has 1 aliphatic carbocycles. The third-order valence-electron chi connectivity index (χ3n) is 5.09. The zero-order chi connectivity index (χ0) is 23.5. The number of carbonyl (C=O) groups is 1. The van der Waals surface area contributed by atoms with E-state index in [1.807, 2.05) is 51.1 Å². The summed E-state index contributed by atoms with van der Waals surface area (Å²) in [4.78, 5) is 14.0. The van der Waals surface area contributed by atoms with Crippen LogP contribution in [0.1, 0.15) is 58.9 Å². The molecule has 0 saturated carbocycles. The summed E-state index contributed by atoms with van der Waals surface area (Å²) >= 11 is 0. The first kappa shape index (κ1) is 25.2. The number of hydrogen-bond donors (Lipinski definition) is 2. The molecule has 2 aromatic rings. The van der Waals surface area contributed by atoms with Crippen molar-refractivity contribution in [3.8, 4) is 0 Å². The monoisotopic (exact) mass is 437 g/mol. The number of nitrogens with one attached hydrogen (secondary N) is 2. The molecular weight excluding hydrogens is 401 g/mol. The molecule has 32 heavy (non-hydrogen) atoms. The average Bonchev–Trinajstić information content (AvgIpc) is 2.77. The fourth-order valence-electron chi connectivity index (χ4n) is 3.70. The van der Waals surface area contributed by atoms with Crippen molar-refractivity contribution in [3.63, 3.8) is 0 Å². The van der Waals surface area contributed by atoms with Gasteiger partial charge in [-0.05, 0) is 68.5 Å². The lowest BCUT2D eigenvalue weighted by molar-refractivity contribution is -0.114. The van der Waals surface area contributed by atoms with Crippen molar-refractivity contribution in [1.82, 2.24) is 0 Å². The van der Waals surface area contributed by atoms with Gasteiger partial charge in [0, 0.05) is 31.4 Å². The van der Waals surface area contributed by atoms with E-state index in [1.165, 1.54) is 37.5 Å². The molecule has 0 heterocycles. The SMILES string of the molecule is C=C(C)Nc1ccc(N(CC2=CCCCC2)Cc2ccc(F)cc2)cc1NC(C)=O.CC. The molecule has 0 radical (unpaired) electrons. The van der Waals surface area contributed by atoms with Crippen LogP contribution in [0.15, 0.2) is 66.4 Å². The summed E-state index contributed by atoms with van der Waals surface area (Å²) in [5.74, 6) is -0.361. The normalized spacial score (nSPS) is 12.7. The van der Waals surface area contributed by atoms with Gasteiger partial charge >= 0.3 is 0 Å². The number of benzene rings is 2. The molecule has 0 bridgehead atoms. The van der Waals surface area contributed by atoms with E-state index in [4.69, 9.17) is 0 Å². The van der Waals surface area contributed by atoms with Gasteiger partial charge in [-0.1, -0.05) is 44.2 Å². The molecule has 2 aromatic carbocycles.